The number of nitrogens with two attached hydrogens (primary N) is 1. The second kappa shape index (κ2) is 6.90. The van der Waals surface area contributed by atoms with Gasteiger partial charge >= 0.3 is 0 Å². The van der Waals surface area contributed by atoms with Crippen LogP contribution in [0.25, 0.3) is 11.4 Å². The first kappa shape index (κ1) is 16.9. The number of rotatable bonds is 4. The number of thioether (sulfide) groups is 1. The molecule has 0 amide bonds. The highest BCUT2D eigenvalue weighted by atomic mass is 79.9. The number of benzene rings is 2. The van der Waals surface area contributed by atoms with Gasteiger partial charge in [0.05, 0.1) is 0 Å². The smallest absolute Gasteiger partial charge is 0.210 e. The molecule has 0 radical (unpaired) electrons. The Labute approximate surface area is 150 Å². The van der Waals surface area contributed by atoms with Crippen molar-refractivity contribution in [1.82, 2.24) is 14.9 Å². The van der Waals surface area contributed by atoms with E-state index in [0.717, 1.165) is 16.1 Å². The average molecular weight is 411 g/mol. The first-order valence-electron chi connectivity index (χ1n) is 7.04. The molecule has 2 N–H and O–H groups in total. The highest BCUT2D eigenvalue weighted by Gasteiger charge is 2.18. The monoisotopic (exact) mass is 410 g/mol. The molecule has 8 heteroatoms. The summed E-state index contributed by atoms with van der Waals surface area (Å²) in [6, 6.07) is 11.4. The standard InChI is InChI=1S/C16H13BrF2N4S/c1-9(10-6-7-13(18)14(19)8-10)24-16-22-21-15(23(16)20)11-4-2-3-5-12(11)17/h2-9H,20H2,1H3. The van der Waals surface area contributed by atoms with E-state index in [1.807, 2.05) is 31.2 Å². The number of aromatic nitrogens is 3. The second-order valence-corrected chi connectivity index (χ2v) is 7.25. The Morgan fingerprint density at radius 3 is 2.58 bits per heavy atom. The first-order valence-corrected chi connectivity index (χ1v) is 8.71. The van der Waals surface area contributed by atoms with Crippen LogP contribution < -0.4 is 5.84 Å². The van der Waals surface area contributed by atoms with Gasteiger partial charge in [-0.25, -0.2) is 13.5 Å². The zero-order valence-electron chi connectivity index (χ0n) is 12.6. The molecular formula is C16H13BrF2N4S. The molecule has 1 unspecified atom stereocenters. The van der Waals surface area contributed by atoms with Gasteiger partial charge in [0, 0.05) is 15.3 Å². The average Bonchev–Trinajstić information content (AvgIpc) is 2.91. The SMILES string of the molecule is CC(Sc1nnc(-c2ccccc2Br)n1N)c1ccc(F)c(F)c1. The molecule has 124 valence electrons. The lowest BCUT2D eigenvalue weighted by Gasteiger charge is -2.11. The summed E-state index contributed by atoms with van der Waals surface area (Å²) in [5.41, 5.74) is 1.46. The summed E-state index contributed by atoms with van der Waals surface area (Å²) in [5.74, 6) is 4.88. The van der Waals surface area contributed by atoms with Crippen LogP contribution in [0.5, 0.6) is 0 Å². The topological polar surface area (TPSA) is 56.7 Å². The van der Waals surface area contributed by atoms with Gasteiger partial charge in [-0.1, -0.05) is 45.9 Å². The van der Waals surface area contributed by atoms with Gasteiger partial charge in [0.1, 0.15) is 0 Å². The van der Waals surface area contributed by atoms with Crippen molar-refractivity contribution in [3.05, 3.63) is 64.1 Å². The summed E-state index contributed by atoms with van der Waals surface area (Å²) in [6.45, 7) is 1.87. The van der Waals surface area contributed by atoms with E-state index >= 15 is 0 Å². The minimum Gasteiger partial charge on any atom is -0.335 e. The Balaban J connectivity index is 1.86. The fraction of sp³-hybridized carbons (Fsp3) is 0.125. The normalized spacial score (nSPS) is 12.3. The molecule has 1 heterocycles. The largest absolute Gasteiger partial charge is 0.335 e. The van der Waals surface area contributed by atoms with Gasteiger partial charge in [-0.05, 0) is 36.8 Å². The van der Waals surface area contributed by atoms with Crippen molar-refractivity contribution in [2.75, 3.05) is 5.84 Å². The minimum atomic E-state index is -0.872. The third-order valence-electron chi connectivity index (χ3n) is 3.47. The van der Waals surface area contributed by atoms with Crippen molar-refractivity contribution in [2.24, 2.45) is 0 Å². The van der Waals surface area contributed by atoms with E-state index in [1.165, 1.54) is 22.5 Å². The Morgan fingerprint density at radius 1 is 1.12 bits per heavy atom. The Kier molecular flexibility index (Phi) is 4.86. The van der Waals surface area contributed by atoms with Crippen LogP contribution in [0.15, 0.2) is 52.1 Å². The number of hydrogen-bond donors (Lipinski definition) is 1. The molecule has 0 aliphatic carbocycles. The Bertz CT molecular complexity index is 884. The van der Waals surface area contributed by atoms with Gasteiger partial charge in [-0.2, -0.15) is 0 Å². The molecular weight excluding hydrogens is 398 g/mol. The van der Waals surface area contributed by atoms with Crippen molar-refractivity contribution < 1.29 is 8.78 Å². The fourth-order valence-corrected chi connectivity index (χ4v) is 3.52. The maximum absolute atomic E-state index is 13.4. The summed E-state index contributed by atoms with van der Waals surface area (Å²) in [6.07, 6.45) is 0. The molecule has 0 saturated carbocycles. The molecule has 0 bridgehead atoms. The van der Waals surface area contributed by atoms with Gasteiger partial charge in [0.2, 0.25) is 5.16 Å². The third kappa shape index (κ3) is 3.29. The lowest BCUT2D eigenvalue weighted by molar-refractivity contribution is 0.507. The fourth-order valence-electron chi connectivity index (χ4n) is 2.18. The molecule has 4 nitrogen and oxygen atoms in total. The molecule has 1 aromatic heterocycles. The predicted molar refractivity (Wildman–Crippen MR) is 93.9 cm³/mol. The lowest BCUT2D eigenvalue weighted by Crippen LogP contribution is -2.12. The summed E-state index contributed by atoms with van der Waals surface area (Å²) < 4.78 is 28.7. The van der Waals surface area contributed by atoms with E-state index in [4.69, 9.17) is 5.84 Å². The number of halogens is 3. The van der Waals surface area contributed by atoms with Crippen molar-refractivity contribution >= 4 is 27.7 Å². The summed E-state index contributed by atoms with van der Waals surface area (Å²) in [5, 5.41) is 8.55. The highest BCUT2D eigenvalue weighted by molar-refractivity contribution is 9.10. The summed E-state index contributed by atoms with van der Waals surface area (Å²) in [4.78, 5) is 0. The molecule has 0 fully saturated rings. The van der Waals surface area contributed by atoms with Crippen LogP contribution >= 0.6 is 27.7 Å². The van der Waals surface area contributed by atoms with E-state index in [1.54, 1.807) is 6.07 Å². The van der Waals surface area contributed by atoms with Crippen LogP contribution in [0.2, 0.25) is 0 Å². The van der Waals surface area contributed by atoms with Crippen LogP contribution in [0.4, 0.5) is 8.78 Å². The molecule has 3 rings (SSSR count). The first-order chi connectivity index (χ1) is 11.5. The summed E-state index contributed by atoms with van der Waals surface area (Å²) in [7, 11) is 0. The van der Waals surface area contributed by atoms with Crippen molar-refractivity contribution in [2.45, 2.75) is 17.3 Å². The van der Waals surface area contributed by atoms with Crippen molar-refractivity contribution in [1.29, 1.82) is 0 Å². The Hall–Kier alpha value is -1.93. The number of hydrogen-bond acceptors (Lipinski definition) is 4. The molecule has 2 aromatic carbocycles. The van der Waals surface area contributed by atoms with Crippen molar-refractivity contribution in [3.8, 4) is 11.4 Å². The van der Waals surface area contributed by atoms with E-state index in [0.29, 0.717) is 16.5 Å². The molecule has 0 spiro atoms. The zero-order chi connectivity index (χ0) is 17.3. The molecule has 24 heavy (non-hydrogen) atoms. The van der Waals surface area contributed by atoms with E-state index in [9.17, 15) is 8.78 Å². The van der Waals surface area contributed by atoms with Gasteiger partial charge in [0.15, 0.2) is 17.5 Å². The van der Waals surface area contributed by atoms with Crippen LogP contribution in [0, 0.1) is 11.6 Å². The minimum absolute atomic E-state index is 0.168. The van der Waals surface area contributed by atoms with Crippen LogP contribution in [0.3, 0.4) is 0 Å². The van der Waals surface area contributed by atoms with E-state index < -0.39 is 11.6 Å². The van der Waals surface area contributed by atoms with Crippen LogP contribution in [0.1, 0.15) is 17.7 Å². The van der Waals surface area contributed by atoms with Gasteiger partial charge in [-0.15, -0.1) is 10.2 Å². The lowest BCUT2D eigenvalue weighted by atomic mass is 10.1. The maximum Gasteiger partial charge on any atom is 0.210 e. The number of nitrogens with zero attached hydrogens (tertiary/aromatic N) is 3. The molecule has 0 aliphatic heterocycles. The maximum atomic E-state index is 13.4. The highest BCUT2D eigenvalue weighted by Crippen LogP contribution is 2.35. The van der Waals surface area contributed by atoms with Gasteiger partial charge in [-0.3, -0.25) is 0 Å². The predicted octanol–water partition coefficient (Wildman–Crippen LogP) is 4.55. The van der Waals surface area contributed by atoms with Crippen LogP contribution in [-0.2, 0) is 0 Å². The molecule has 0 saturated heterocycles. The third-order valence-corrected chi connectivity index (χ3v) is 5.28. The summed E-state index contributed by atoms with van der Waals surface area (Å²) >= 11 is 4.78. The molecule has 0 aliphatic rings. The quantitative estimate of drug-likeness (QED) is 0.506. The second-order valence-electron chi connectivity index (χ2n) is 5.09. The number of nitrogen functional groups attached to an aromatic ring is 1. The molecule has 1 atom stereocenters. The van der Waals surface area contributed by atoms with Crippen LogP contribution in [-0.4, -0.2) is 14.9 Å². The van der Waals surface area contributed by atoms with Crippen molar-refractivity contribution in [3.63, 3.8) is 0 Å². The zero-order valence-corrected chi connectivity index (χ0v) is 15.0. The van der Waals surface area contributed by atoms with E-state index in [2.05, 4.69) is 26.1 Å². The van der Waals surface area contributed by atoms with E-state index in [-0.39, 0.29) is 5.25 Å². The Morgan fingerprint density at radius 2 is 1.88 bits per heavy atom. The van der Waals surface area contributed by atoms with Gasteiger partial charge < -0.3 is 5.84 Å². The van der Waals surface area contributed by atoms with Gasteiger partial charge in [0.25, 0.3) is 0 Å². The molecule has 3 aromatic rings.